The van der Waals surface area contributed by atoms with Crippen molar-refractivity contribution >= 4 is 24.3 Å². The molecule has 0 radical (unpaired) electrons. The fourth-order valence-electron chi connectivity index (χ4n) is 8.44. The Bertz CT molecular complexity index is 2090. The predicted molar refractivity (Wildman–Crippen MR) is 258 cm³/mol. The summed E-state index contributed by atoms with van der Waals surface area (Å²) in [5.74, 6) is 4.07. The van der Waals surface area contributed by atoms with E-state index in [4.69, 9.17) is 0 Å². The molecule has 3 aliphatic rings. The molecule has 65 heavy (non-hydrogen) atoms. The average Bonchev–Trinajstić information content (AvgIpc) is 4.14. The van der Waals surface area contributed by atoms with Gasteiger partial charge >= 0.3 is 6.09 Å². The number of aromatic nitrogens is 4. The van der Waals surface area contributed by atoms with E-state index in [9.17, 15) is 19.2 Å². The van der Waals surface area contributed by atoms with E-state index < -0.39 is 6.09 Å². The fraction of sp³-hybridized carbons (Fsp3) is 0.490. The number of imidazole rings is 2. The summed E-state index contributed by atoms with van der Waals surface area (Å²) >= 11 is 0. The van der Waals surface area contributed by atoms with Gasteiger partial charge in [0.1, 0.15) is 18.2 Å². The van der Waals surface area contributed by atoms with E-state index in [1.54, 1.807) is 19.1 Å². The summed E-state index contributed by atoms with van der Waals surface area (Å²) in [6.07, 6.45) is 19.5. The van der Waals surface area contributed by atoms with Crippen LogP contribution in [0.1, 0.15) is 96.9 Å². The third kappa shape index (κ3) is 14.1. The molecule has 2 aromatic carbocycles. The molecular formula is C51H72N8O6. The van der Waals surface area contributed by atoms with E-state index in [2.05, 4.69) is 149 Å². The van der Waals surface area contributed by atoms with Crippen molar-refractivity contribution in [1.82, 2.24) is 40.4 Å². The number of alkyl carbamates (subject to hydrolysis) is 1. The molecule has 6 unspecified atom stereocenters. The zero-order valence-corrected chi connectivity index (χ0v) is 40.4. The highest BCUT2D eigenvalue weighted by atomic mass is 16.5. The van der Waals surface area contributed by atoms with Crippen molar-refractivity contribution < 1.29 is 28.7 Å². The van der Waals surface area contributed by atoms with Crippen LogP contribution in [-0.2, 0) is 36.9 Å². The topological polar surface area (TPSA) is 175 Å². The Morgan fingerprint density at radius 1 is 0.631 bits per heavy atom. The van der Waals surface area contributed by atoms with Gasteiger partial charge < -0.3 is 39.9 Å². The minimum atomic E-state index is -0.631. The van der Waals surface area contributed by atoms with Gasteiger partial charge in [-0.3, -0.25) is 14.4 Å². The van der Waals surface area contributed by atoms with Gasteiger partial charge in [-0.05, 0) is 63.7 Å². The summed E-state index contributed by atoms with van der Waals surface area (Å²) in [6, 6.07) is 17.6. The number of terminal acetylenes is 2. The van der Waals surface area contributed by atoms with Crippen LogP contribution in [-0.4, -0.2) is 101 Å². The van der Waals surface area contributed by atoms with Gasteiger partial charge in [0.25, 0.3) is 0 Å². The van der Waals surface area contributed by atoms with Crippen LogP contribution in [0, 0.1) is 55.3 Å². The number of hydrogen-bond donors (Lipinski definition) is 4. The van der Waals surface area contributed by atoms with Gasteiger partial charge in [0.2, 0.25) is 18.2 Å². The molecule has 4 aromatic rings. The van der Waals surface area contributed by atoms with Crippen molar-refractivity contribution in [2.75, 3.05) is 34.4 Å². The first-order valence-electron chi connectivity index (χ1n) is 22.3. The van der Waals surface area contributed by atoms with Gasteiger partial charge in [0.05, 0.1) is 50.5 Å². The van der Waals surface area contributed by atoms with Crippen LogP contribution in [0.3, 0.4) is 0 Å². The summed E-state index contributed by atoms with van der Waals surface area (Å²) in [7, 11) is 4.53. The van der Waals surface area contributed by atoms with Gasteiger partial charge in [-0.25, -0.2) is 14.8 Å². The normalized spacial score (nSPS) is 22.4. The molecule has 352 valence electrons. The first-order chi connectivity index (χ1) is 31.4. The zero-order valence-electron chi connectivity index (χ0n) is 40.4. The van der Waals surface area contributed by atoms with Crippen LogP contribution >= 0.6 is 0 Å². The lowest BCUT2D eigenvalue weighted by Gasteiger charge is -2.22. The largest absolute Gasteiger partial charge is 0.453 e. The number of nitrogens with zero attached hydrogens (tertiary/aromatic N) is 4. The van der Waals surface area contributed by atoms with Crippen molar-refractivity contribution in [1.29, 1.82) is 0 Å². The lowest BCUT2D eigenvalue weighted by atomic mass is 10.0. The first kappa shape index (κ1) is 54.8. The maximum absolute atomic E-state index is 13.1. The highest BCUT2D eigenvalue weighted by Crippen LogP contribution is 2.60. The van der Waals surface area contributed by atoms with Crippen LogP contribution in [0.4, 0.5) is 4.79 Å². The van der Waals surface area contributed by atoms with Crippen LogP contribution in [0.15, 0.2) is 60.9 Å². The lowest BCUT2D eigenvalue weighted by molar-refractivity contribution is -0.133. The molecule has 4 amide bonds. The van der Waals surface area contributed by atoms with Crippen molar-refractivity contribution in [3.8, 4) is 48.2 Å². The zero-order chi connectivity index (χ0) is 49.0. The maximum atomic E-state index is 13.1. The third-order valence-electron chi connectivity index (χ3n) is 12.3. The smallest absolute Gasteiger partial charge is 0.407 e. The van der Waals surface area contributed by atoms with E-state index >= 15 is 0 Å². The molecule has 9 atom stereocenters. The van der Waals surface area contributed by atoms with Gasteiger partial charge in [0, 0.05) is 26.3 Å². The van der Waals surface area contributed by atoms with E-state index in [1.807, 2.05) is 45.0 Å². The number of aromatic amines is 2. The molecule has 4 N–H and O–H groups in total. The minimum absolute atomic E-state index is 0.0201. The summed E-state index contributed by atoms with van der Waals surface area (Å²) in [5.41, 5.74) is 6.44. The molecule has 0 aliphatic heterocycles. The predicted octanol–water partition coefficient (Wildman–Crippen LogP) is 7.87. The molecule has 2 aromatic heterocycles. The van der Waals surface area contributed by atoms with E-state index in [-0.39, 0.29) is 37.0 Å². The van der Waals surface area contributed by atoms with Crippen LogP contribution < -0.4 is 10.6 Å². The Kier molecular flexibility index (Phi) is 22.8. The number of carbonyl (C=O) groups is 4. The van der Waals surface area contributed by atoms with Crippen molar-refractivity contribution in [2.24, 2.45) is 29.6 Å². The summed E-state index contributed by atoms with van der Waals surface area (Å²) in [4.78, 5) is 67.9. The number of benzene rings is 2. The molecule has 7 rings (SSSR count). The molecule has 0 bridgehead atoms. The fourth-order valence-corrected chi connectivity index (χ4v) is 8.44. The first-order valence-corrected chi connectivity index (χ1v) is 22.3. The second-order valence-electron chi connectivity index (χ2n) is 15.9. The van der Waals surface area contributed by atoms with Crippen LogP contribution in [0.2, 0.25) is 0 Å². The third-order valence-corrected chi connectivity index (χ3v) is 12.3. The number of nitrogens with one attached hydrogen (secondary N) is 4. The second-order valence-corrected chi connectivity index (χ2v) is 15.9. The average molecular weight is 893 g/mol. The van der Waals surface area contributed by atoms with Crippen LogP contribution in [0.5, 0.6) is 0 Å². The van der Waals surface area contributed by atoms with Crippen LogP contribution in [0.25, 0.3) is 22.5 Å². The number of carbonyl (C=O) groups excluding carboxylic acids is 4. The van der Waals surface area contributed by atoms with Gasteiger partial charge in [-0.1, -0.05) is 111 Å². The van der Waals surface area contributed by atoms with E-state index in [0.717, 1.165) is 28.3 Å². The molecule has 3 fully saturated rings. The highest BCUT2D eigenvalue weighted by Gasteiger charge is 2.50. The minimum Gasteiger partial charge on any atom is -0.453 e. The standard InChI is InChI=1S/C41H50N8O5.C2H6O.2C2H6.2C2H2/c1-22-23(2)39(22)48(35(51)17-42-21-50)19-33-43-15-31(46-33)27-7-11-29(12-8-27)37-26(5)38(37)30-13-9-28(10-14-30)32-16-44-34(47-32)20-49(40-24(3)25(40)4)36(52)18-45-41(53)54-6;1-3-2;4*1-2/h7-16,21-26,37-40H,17-20H2,1-6H3,(H,42,50)(H,43,46)(H,44,47)(H,45,53);1-2H3;2*1-2H3;2*1-2H/t22-,23?,24-,25?,26+,37?,38?,39?,40?;;;;;/m1...../s1. The lowest BCUT2D eigenvalue weighted by Crippen LogP contribution is -2.42. The molecule has 0 saturated heterocycles. The molecule has 3 saturated carbocycles. The SMILES string of the molecule is C#C.C#C.CC.CC.COC.COC(=O)NCC(=O)N(Cc1ncc(-c2ccc(C3C(c4ccc(-c5cnc(CN(C(=O)CNC=O)C6C(C)[C@H]6C)[nH]5)cc4)[C@@H]3C)cc2)[nH]1)C1C(C)[C@H]1C. The van der Waals surface area contributed by atoms with Crippen molar-refractivity contribution in [3.05, 3.63) is 83.7 Å². The number of ether oxygens (including phenoxy) is 2. The second kappa shape index (κ2) is 27.1. The Hall–Kier alpha value is -6.38. The summed E-state index contributed by atoms with van der Waals surface area (Å²) < 4.78 is 8.87. The Labute approximate surface area is 387 Å². The molecule has 14 nitrogen and oxygen atoms in total. The van der Waals surface area contributed by atoms with E-state index in [0.29, 0.717) is 66.7 Å². The maximum Gasteiger partial charge on any atom is 0.407 e. The van der Waals surface area contributed by atoms with Gasteiger partial charge in [-0.15, -0.1) is 25.7 Å². The Morgan fingerprint density at radius 3 is 1.31 bits per heavy atom. The molecular weight excluding hydrogens is 821 g/mol. The van der Waals surface area contributed by atoms with Gasteiger partial charge in [-0.2, -0.15) is 0 Å². The Morgan fingerprint density at radius 2 is 0.985 bits per heavy atom. The number of amides is 4. The monoisotopic (exact) mass is 893 g/mol. The summed E-state index contributed by atoms with van der Waals surface area (Å²) in [6.45, 7) is 19.4. The summed E-state index contributed by atoms with van der Waals surface area (Å²) in [5, 5.41) is 5.00. The molecule has 0 spiro atoms. The number of methoxy groups -OCH3 is 2. The highest BCUT2D eigenvalue weighted by molar-refractivity contribution is 5.83. The van der Waals surface area contributed by atoms with Gasteiger partial charge in [0.15, 0.2) is 0 Å². The molecule has 14 heteroatoms. The quantitative estimate of drug-likeness (QED) is 0.0689. The number of rotatable bonds is 15. The number of H-pyrrole nitrogens is 2. The molecule has 2 heterocycles. The van der Waals surface area contributed by atoms with E-state index in [1.165, 1.54) is 18.2 Å². The molecule has 3 aliphatic carbocycles. The Balaban J connectivity index is 0.00000122. The van der Waals surface area contributed by atoms with Crippen molar-refractivity contribution in [3.63, 3.8) is 0 Å². The van der Waals surface area contributed by atoms with Crippen molar-refractivity contribution in [2.45, 2.75) is 99.3 Å². The number of hydrogen-bond acceptors (Lipinski definition) is 8.